The van der Waals surface area contributed by atoms with Crippen LogP contribution < -0.4 is 5.32 Å². The lowest BCUT2D eigenvalue weighted by molar-refractivity contribution is -0.0632. The molecular formula is C16H32N2O. The number of hydrogen-bond donors (Lipinski definition) is 1. The van der Waals surface area contributed by atoms with Crippen LogP contribution in [0.25, 0.3) is 0 Å². The summed E-state index contributed by atoms with van der Waals surface area (Å²) in [7, 11) is 0. The molecule has 0 aromatic carbocycles. The molecule has 0 saturated carbocycles. The lowest BCUT2D eigenvalue weighted by Gasteiger charge is -2.37. The topological polar surface area (TPSA) is 24.5 Å². The third-order valence-corrected chi connectivity index (χ3v) is 4.47. The zero-order valence-electron chi connectivity index (χ0n) is 13.1. The first kappa shape index (κ1) is 15.3. The zero-order chi connectivity index (χ0) is 13.7. The van der Waals surface area contributed by atoms with Crippen molar-refractivity contribution in [2.75, 3.05) is 32.8 Å². The summed E-state index contributed by atoms with van der Waals surface area (Å²) in [6, 6.07) is 0.646. The van der Waals surface area contributed by atoms with Crippen molar-refractivity contribution >= 4 is 0 Å². The Hall–Kier alpha value is -0.120. The highest BCUT2D eigenvalue weighted by molar-refractivity contribution is 4.83. The van der Waals surface area contributed by atoms with Crippen molar-refractivity contribution in [2.45, 2.75) is 64.5 Å². The van der Waals surface area contributed by atoms with Crippen molar-refractivity contribution in [3.8, 4) is 0 Å². The molecule has 3 nitrogen and oxygen atoms in total. The number of nitrogens with one attached hydrogen (secondary N) is 1. The van der Waals surface area contributed by atoms with Crippen molar-refractivity contribution in [1.82, 2.24) is 10.2 Å². The van der Waals surface area contributed by atoms with Crippen molar-refractivity contribution in [1.29, 1.82) is 0 Å². The molecule has 2 heterocycles. The highest BCUT2D eigenvalue weighted by Gasteiger charge is 2.28. The molecule has 0 aliphatic carbocycles. The maximum absolute atomic E-state index is 5.78. The van der Waals surface area contributed by atoms with E-state index < -0.39 is 0 Å². The van der Waals surface area contributed by atoms with Gasteiger partial charge in [-0.05, 0) is 65.1 Å². The zero-order valence-corrected chi connectivity index (χ0v) is 13.1. The summed E-state index contributed by atoms with van der Waals surface area (Å²) < 4.78 is 5.78. The van der Waals surface area contributed by atoms with Gasteiger partial charge in [-0.15, -0.1) is 0 Å². The molecule has 0 aromatic heterocycles. The van der Waals surface area contributed by atoms with Crippen molar-refractivity contribution < 1.29 is 4.74 Å². The predicted octanol–water partition coefficient (Wildman–Crippen LogP) is 2.66. The molecule has 19 heavy (non-hydrogen) atoms. The van der Waals surface area contributed by atoms with Gasteiger partial charge in [0.1, 0.15) is 0 Å². The minimum absolute atomic E-state index is 0.0615. The largest absolute Gasteiger partial charge is 0.375 e. The van der Waals surface area contributed by atoms with Gasteiger partial charge in [0.05, 0.1) is 5.60 Å². The van der Waals surface area contributed by atoms with E-state index in [9.17, 15) is 0 Å². The summed E-state index contributed by atoms with van der Waals surface area (Å²) in [5.74, 6) is 0.754. The van der Waals surface area contributed by atoms with Crippen LogP contribution in [0.15, 0.2) is 0 Å². The van der Waals surface area contributed by atoms with Crippen LogP contribution in [-0.2, 0) is 4.74 Å². The van der Waals surface area contributed by atoms with Crippen LogP contribution in [0.3, 0.4) is 0 Å². The Morgan fingerprint density at radius 2 is 2.00 bits per heavy atom. The van der Waals surface area contributed by atoms with E-state index in [2.05, 4.69) is 31.0 Å². The van der Waals surface area contributed by atoms with Gasteiger partial charge in [0.2, 0.25) is 0 Å². The van der Waals surface area contributed by atoms with Crippen LogP contribution in [0.1, 0.15) is 52.9 Å². The van der Waals surface area contributed by atoms with Gasteiger partial charge >= 0.3 is 0 Å². The van der Waals surface area contributed by atoms with Gasteiger partial charge in [-0.25, -0.2) is 0 Å². The van der Waals surface area contributed by atoms with E-state index in [0.717, 1.165) is 25.5 Å². The summed E-state index contributed by atoms with van der Waals surface area (Å²) in [4.78, 5) is 2.64. The number of ether oxygens (including phenoxy) is 1. The van der Waals surface area contributed by atoms with Crippen LogP contribution in [0.5, 0.6) is 0 Å². The standard InChI is InChI=1S/C16H32N2O/c1-14(13-18-8-5-4-6-9-18)12-17-15-7-10-19-16(2,3)11-15/h14-15,17H,4-13H2,1-3H3. The van der Waals surface area contributed by atoms with Crippen LogP contribution in [-0.4, -0.2) is 49.3 Å². The van der Waals surface area contributed by atoms with Gasteiger partial charge in [-0.2, -0.15) is 0 Å². The molecule has 2 unspecified atom stereocenters. The van der Waals surface area contributed by atoms with E-state index >= 15 is 0 Å². The van der Waals surface area contributed by atoms with Crippen LogP contribution >= 0.6 is 0 Å². The monoisotopic (exact) mass is 268 g/mol. The van der Waals surface area contributed by atoms with Gasteiger partial charge in [0.25, 0.3) is 0 Å². The smallest absolute Gasteiger partial charge is 0.0641 e. The van der Waals surface area contributed by atoms with Gasteiger partial charge in [-0.3, -0.25) is 0 Å². The first-order valence-corrected chi connectivity index (χ1v) is 8.15. The molecule has 3 heteroatoms. The number of piperidine rings is 1. The fourth-order valence-corrected chi connectivity index (χ4v) is 3.42. The van der Waals surface area contributed by atoms with E-state index in [0.29, 0.717) is 6.04 Å². The summed E-state index contributed by atoms with van der Waals surface area (Å²) in [6.45, 7) is 12.7. The number of hydrogen-bond acceptors (Lipinski definition) is 3. The minimum Gasteiger partial charge on any atom is -0.375 e. The summed E-state index contributed by atoms with van der Waals surface area (Å²) in [5, 5.41) is 3.76. The molecular weight excluding hydrogens is 236 g/mol. The van der Waals surface area contributed by atoms with Gasteiger partial charge in [0.15, 0.2) is 0 Å². The van der Waals surface area contributed by atoms with E-state index in [1.165, 1.54) is 45.3 Å². The minimum atomic E-state index is 0.0615. The molecule has 2 fully saturated rings. The Kier molecular flexibility index (Phi) is 5.67. The Morgan fingerprint density at radius 3 is 2.68 bits per heavy atom. The lowest BCUT2D eigenvalue weighted by Crippen LogP contribution is -2.46. The van der Waals surface area contributed by atoms with Gasteiger partial charge < -0.3 is 15.0 Å². The van der Waals surface area contributed by atoms with E-state index in [-0.39, 0.29) is 5.60 Å². The summed E-state index contributed by atoms with van der Waals surface area (Å²) >= 11 is 0. The first-order chi connectivity index (χ1) is 9.05. The molecule has 0 spiro atoms. The van der Waals surface area contributed by atoms with Crippen LogP contribution in [0, 0.1) is 5.92 Å². The number of rotatable bonds is 5. The summed E-state index contributed by atoms with van der Waals surface area (Å²) in [6.07, 6.45) is 6.53. The van der Waals surface area contributed by atoms with Crippen molar-refractivity contribution in [3.05, 3.63) is 0 Å². The molecule has 0 radical (unpaired) electrons. The van der Waals surface area contributed by atoms with Gasteiger partial charge in [0, 0.05) is 19.2 Å². The Bertz CT molecular complexity index is 261. The summed E-state index contributed by atoms with van der Waals surface area (Å²) in [5.41, 5.74) is 0.0615. The molecule has 2 saturated heterocycles. The molecule has 0 bridgehead atoms. The molecule has 2 aliphatic rings. The van der Waals surface area contributed by atoms with E-state index in [4.69, 9.17) is 4.74 Å². The molecule has 0 amide bonds. The van der Waals surface area contributed by atoms with Crippen molar-refractivity contribution in [2.24, 2.45) is 5.92 Å². The fourth-order valence-electron chi connectivity index (χ4n) is 3.42. The maximum Gasteiger partial charge on any atom is 0.0641 e. The highest BCUT2D eigenvalue weighted by Crippen LogP contribution is 2.24. The Labute approximate surface area is 119 Å². The van der Waals surface area contributed by atoms with E-state index in [1.807, 2.05) is 0 Å². The Balaban J connectivity index is 1.64. The normalized spacial score (nSPS) is 30.2. The van der Waals surface area contributed by atoms with Gasteiger partial charge in [-0.1, -0.05) is 13.3 Å². The third kappa shape index (κ3) is 5.41. The molecule has 1 N–H and O–H groups in total. The maximum atomic E-state index is 5.78. The average molecular weight is 268 g/mol. The van der Waals surface area contributed by atoms with E-state index in [1.54, 1.807) is 0 Å². The molecule has 112 valence electrons. The second-order valence-corrected chi connectivity index (χ2v) is 7.17. The van der Waals surface area contributed by atoms with Crippen LogP contribution in [0.4, 0.5) is 0 Å². The highest BCUT2D eigenvalue weighted by atomic mass is 16.5. The fraction of sp³-hybridized carbons (Fsp3) is 1.00. The first-order valence-electron chi connectivity index (χ1n) is 8.15. The number of nitrogens with zero attached hydrogens (tertiary/aromatic N) is 1. The third-order valence-electron chi connectivity index (χ3n) is 4.47. The molecule has 2 aliphatic heterocycles. The second-order valence-electron chi connectivity index (χ2n) is 7.17. The number of likely N-dealkylation sites (tertiary alicyclic amines) is 1. The van der Waals surface area contributed by atoms with Crippen LogP contribution in [0.2, 0.25) is 0 Å². The Morgan fingerprint density at radius 1 is 1.26 bits per heavy atom. The predicted molar refractivity (Wildman–Crippen MR) is 80.5 cm³/mol. The molecule has 2 atom stereocenters. The molecule has 2 rings (SSSR count). The lowest BCUT2D eigenvalue weighted by atomic mass is 9.93. The second kappa shape index (κ2) is 7.05. The average Bonchev–Trinajstić information content (AvgIpc) is 2.36. The quantitative estimate of drug-likeness (QED) is 0.829. The van der Waals surface area contributed by atoms with Crippen molar-refractivity contribution in [3.63, 3.8) is 0 Å². The molecule has 0 aromatic rings. The SMILES string of the molecule is CC(CNC1CCOC(C)(C)C1)CN1CCCCC1.